The number of rotatable bonds is 3. The molecule has 0 saturated heterocycles. The number of carbonyl (C=O) groups is 1. The minimum atomic E-state index is -0.268. The van der Waals surface area contributed by atoms with Gasteiger partial charge < -0.3 is 10.6 Å². The molecule has 0 aliphatic heterocycles. The number of hydrogen-bond donors (Lipinski definition) is 2. The molecule has 3 nitrogen and oxygen atoms in total. The van der Waals surface area contributed by atoms with Crippen LogP contribution < -0.4 is 10.6 Å². The summed E-state index contributed by atoms with van der Waals surface area (Å²) in [5, 5.41) is 6.18. The summed E-state index contributed by atoms with van der Waals surface area (Å²) in [7, 11) is 0. The van der Waals surface area contributed by atoms with E-state index in [1.807, 2.05) is 24.3 Å². The molecule has 98 valence electrons. The Kier molecular flexibility index (Phi) is 4.42. The molecule has 0 aromatic heterocycles. The fourth-order valence-corrected chi connectivity index (χ4v) is 1.82. The second kappa shape index (κ2) is 6.25. The zero-order valence-electron chi connectivity index (χ0n) is 10.6. The van der Waals surface area contributed by atoms with Gasteiger partial charge >= 0.3 is 6.03 Å². The van der Waals surface area contributed by atoms with Gasteiger partial charge in [0.1, 0.15) is 0 Å². The standard InChI is InChI=1S/C15H15ClN2O/c1-2-11-4-3-5-14(10-11)18-15(19)17-13-8-6-12(16)7-9-13/h3-10H,2H2,1H3,(H2,17,18,19). The van der Waals surface area contributed by atoms with E-state index in [9.17, 15) is 4.79 Å². The Labute approximate surface area is 117 Å². The molecule has 0 unspecified atom stereocenters. The quantitative estimate of drug-likeness (QED) is 0.847. The molecule has 2 rings (SSSR count). The fourth-order valence-electron chi connectivity index (χ4n) is 1.70. The molecule has 4 heteroatoms. The maximum absolute atomic E-state index is 11.8. The van der Waals surface area contributed by atoms with Gasteiger partial charge in [-0.2, -0.15) is 0 Å². The Bertz CT molecular complexity index is 567. The predicted molar refractivity (Wildman–Crippen MR) is 79.9 cm³/mol. The molecule has 0 heterocycles. The lowest BCUT2D eigenvalue weighted by molar-refractivity contribution is 0.262. The van der Waals surface area contributed by atoms with Crippen molar-refractivity contribution >= 4 is 29.0 Å². The third-order valence-corrected chi connectivity index (χ3v) is 2.95. The molecule has 2 amide bonds. The molecule has 2 N–H and O–H groups in total. The summed E-state index contributed by atoms with van der Waals surface area (Å²) in [5.41, 5.74) is 2.67. The van der Waals surface area contributed by atoms with Crippen molar-refractivity contribution in [3.05, 3.63) is 59.1 Å². The second-order valence-corrected chi connectivity index (χ2v) is 4.58. The molecule has 0 aliphatic carbocycles. The topological polar surface area (TPSA) is 41.1 Å². The molecule has 2 aromatic rings. The van der Waals surface area contributed by atoms with Crippen molar-refractivity contribution in [1.82, 2.24) is 0 Å². The molecule has 0 saturated carbocycles. The van der Waals surface area contributed by atoms with Crippen LogP contribution in [0.5, 0.6) is 0 Å². The number of benzene rings is 2. The van der Waals surface area contributed by atoms with Gasteiger partial charge in [-0.1, -0.05) is 30.7 Å². The number of urea groups is 1. The van der Waals surface area contributed by atoms with Crippen LogP contribution in [-0.2, 0) is 6.42 Å². The van der Waals surface area contributed by atoms with E-state index in [2.05, 4.69) is 17.6 Å². The molecule has 0 spiro atoms. The lowest BCUT2D eigenvalue weighted by Gasteiger charge is -2.08. The van der Waals surface area contributed by atoms with E-state index in [0.717, 1.165) is 12.1 Å². The average Bonchev–Trinajstić information content (AvgIpc) is 2.41. The van der Waals surface area contributed by atoms with Crippen LogP contribution in [0.3, 0.4) is 0 Å². The van der Waals surface area contributed by atoms with Gasteiger partial charge in [-0.25, -0.2) is 4.79 Å². The lowest BCUT2D eigenvalue weighted by Crippen LogP contribution is -2.19. The molecule has 19 heavy (non-hydrogen) atoms. The predicted octanol–water partition coefficient (Wildman–Crippen LogP) is 4.55. The first-order valence-electron chi connectivity index (χ1n) is 6.10. The number of amides is 2. The van der Waals surface area contributed by atoms with E-state index in [4.69, 9.17) is 11.6 Å². The smallest absolute Gasteiger partial charge is 0.308 e. The van der Waals surface area contributed by atoms with E-state index in [1.165, 1.54) is 5.56 Å². The van der Waals surface area contributed by atoms with Gasteiger partial charge in [-0.05, 0) is 48.4 Å². The fraction of sp³-hybridized carbons (Fsp3) is 0.133. The number of anilines is 2. The first-order chi connectivity index (χ1) is 9.17. The summed E-state index contributed by atoms with van der Waals surface area (Å²) in [6.45, 7) is 2.08. The van der Waals surface area contributed by atoms with Gasteiger partial charge in [-0.3, -0.25) is 0 Å². The van der Waals surface area contributed by atoms with Gasteiger partial charge in [0, 0.05) is 16.4 Å². The van der Waals surface area contributed by atoms with Crippen molar-refractivity contribution in [1.29, 1.82) is 0 Å². The largest absolute Gasteiger partial charge is 0.323 e. The van der Waals surface area contributed by atoms with E-state index in [0.29, 0.717) is 10.7 Å². The molecule has 2 aromatic carbocycles. The Morgan fingerprint density at radius 2 is 1.74 bits per heavy atom. The average molecular weight is 275 g/mol. The van der Waals surface area contributed by atoms with Crippen LogP contribution in [-0.4, -0.2) is 6.03 Å². The first kappa shape index (κ1) is 13.4. The first-order valence-corrected chi connectivity index (χ1v) is 6.47. The molecule has 0 radical (unpaired) electrons. The SMILES string of the molecule is CCc1cccc(NC(=O)Nc2ccc(Cl)cc2)c1. The number of halogens is 1. The van der Waals surface area contributed by atoms with Crippen molar-refractivity contribution in [3.8, 4) is 0 Å². The van der Waals surface area contributed by atoms with E-state index in [-0.39, 0.29) is 6.03 Å². The highest BCUT2D eigenvalue weighted by molar-refractivity contribution is 6.30. The van der Waals surface area contributed by atoms with Crippen LogP contribution in [0.1, 0.15) is 12.5 Å². The van der Waals surface area contributed by atoms with Gasteiger partial charge in [0.05, 0.1) is 0 Å². The van der Waals surface area contributed by atoms with E-state index in [1.54, 1.807) is 24.3 Å². The van der Waals surface area contributed by atoms with Crippen molar-refractivity contribution < 1.29 is 4.79 Å². The monoisotopic (exact) mass is 274 g/mol. The van der Waals surface area contributed by atoms with Crippen LogP contribution in [0.2, 0.25) is 5.02 Å². The summed E-state index contributed by atoms with van der Waals surface area (Å²) >= 11 is 5.78. The van der Waals surface area contributed by atoms with Crippen LogP contribution in [0, 0.1) is 0 Å². The molecule has 0 atom stereocenters. The van der Waals surface area contributed by atoms with Crippen LogP contribution in [0.4, 0.5) is 16.2 Å². The van der Waals surface area contributed by atoms with E-state index < -0.39 is 0 Å². The molecule has 0 bridgehead atoms. The molecular formula is C15H15ClN2O. The van der Waals surface area contributed by atoms with Crippen molar-refractivity contribution in [2.24, 2.45) is 0 Å². The number of carbonyl (C=O) groups excluding carboxylic acids is 1. The summed E-state index contributed by atoms with van der Waals surface area (Å²) in [6, 6.07) is 14.5. The van der Waals surface area contributed by atoms with Crippen LogP contribution in [0.15, 0.2) is 48.5 Å². The van der Waals surface area contributed by atoms with Gasteiger partial charge in [0.25, 0.3) is 0 Å². The van der Waals surface area contributed by atoms with Crippen LogP contribution in [0.25, 0.3) is 0 Å². The van der Waals surface area contributed by atoms with Crippen LogP contribution >= 0.6 is 11.6 Å². The highest BCUT2D eigenvalue weighted by Gasteiger charge is 2.02. The number of nitrogens with one attached hydrogen (secondary N) is 2. The van der Waals surface area contributed by atoms with E-state index >= 15 is 0 Å². The Hall–Kier alpha value is -2.00. The highest BCUT2D eigenvalue weighted by atomic mass is 35.5. The van der Waals surface area contributed by atoms with Gasteiger partial charge in [0.2, 0.25) is 0 Å². The molecule has 0 aliphatic rings. The summed E-state index contributed by atoms with van der Waals surface area (Å²) < 4.78 is 0. The third kappa shape index (κ3) is 4.00. The third-order valence-electron chi connectivity index (χ3n) is 2.70. The van der Waals surface area contributed by atoms with Gasteiger partial charge in [0.15, 0.2) is 0 Å². The Morgan fingerprint density at radius 1 is 1.05 bits per heavy atom. The minimum Gasteiger partial charge on any atom is -0.308 e. The van der Waals surface area contributed by atoms with Crippen molar-refractivity contribution in [3.63, 3.8) is 0 Å². The maximum atomic E-state index is 11.8. The maximum Gasteiger partial charge on any atom is 0.323 e. The Balaban J connectivity index is 1.99. The van der Waals surface area contributed by atoms with Crippen molar-refractivity contribution in [2.45, 2.75) is 13.3 Å². The summed E-state index contributed by atoms with van der Waals surface area (Å²) in [6.07, 6.45) is 0.939. The van der Waals surface area contributed by atoms with Gasteiger partial charge in [-0.15, -0.1) is 0 Å². The number of aryl methyl sites for hydroxylation is 1. The molecule has 0 fully saturated rings. The Morgan fingerprint density at radius 3 is 2.42 bits per heavy atom. The van der Waals surface area contributed by atoms with Crippen molar-refractivity contribution in [2.75, 3.05) is 10.6 Å². The zero-order valence-corrected chi connectivity index (χ0v) is 11.4. The zero-order chi connectivity index (χ0) is 13.7. The lowest BCUT2D eigenvalue weighted by atomic mass is 10.1. The number of hydrogen-bond acceptors (Lipinski definition) is 1. The highest BCUT2D eigenvalue weighted by Crippen LogP contribution is 2.15. The molecular weight excluding hydrogens is 260 g/mol. The second-order valence-electron chi connectivity index (χ2n) is 4.14. The summed E-state index contributed by atoms with van der Waals surface area (Å²) in [4.78, 5) is 11.8. The normalized spacial score (nSPS) is 10.0. The summed E-state index contributed by atoms with van der Waals surface area (Å²) in [5.74, 6) is 0. The minimum absolute atomic E-state index is 0.268.